The van der Waals surface area contributed by atoms with Crippen LogP contribution in [0.5, 0.6) is 11.5 Å². The lowest BCUT2D eigenvalue weighted by Gasteiger charge is -2.30. The highest BCUT2D eigenvalue weighted by molar-refractivity contribution is 8.01. The van der Waals surface area contributed by atoms with Gasteiger partial charge in [0.2, 0.25) is 5.91 Å². The zero-order valence-corrected chi connectivity index (χ0v) is 16.6. The standard InChI is InChI=1S/C20H20N2O3S2/c1-2-22(11-14-12-24-16-8-4-5-9-17(16)25-14)19(23)13-26-20-21-15-7-3-6-10-18(15)27-20/h3-10,14H,2,11-13H2,1H3/t14-/m0/s1. The Morgan fingerprint density at radius 3 is 2.81 bits per heavy atom. The molecular formula is C20H20N2O3S2. The first-order valence-electron chi connectivity index (χ1n) is 8.87. The van der Waals surface area contributed by atoms with Crippen molar-refractivity contribution in [3.63, 3.8) is 0 Å². The molecule has 0 aliphatic carbocycles. The van der Waals surface area contributed by atoms with Gasteiger partial charge in [-0.3, -0.25) is 4.79 Å². The molecule has 7 heteroatoms. The molecule has 0 fully saturated rings. The van der Waals surface area contributed by atoms with E-state index in [0.717, 1.165) is 26.1 Å². The van der Waals surface area contributed by atoms with Crippen LogP contribution in [0, 0.1) is 0 Å². The van der Waals surface area contributed by atoms with Crippen LogP contribution in [0.1, 0.15) is 6.92 Å². The highest BCUT2D eigenvalue weighted by Crippen LogP contribution is 2.31. The lowest BCUT2D eigenvalue weighted by Crippen LogP contribution is -2.44. The maximum Gasteiger partial charge on any atom is 0.233 e. The van der Waals surface area contributed by atoms with E-state index in [-0.39, 0.29) is 12.0 Å². The predicted molar refractivity (Wildman–Crippen MR) is 109 cm³/mol. The minimum Gasteiger partial charge on any atom is -0.486 e. The fraction of sp³-hybridized carbons (Fsp3) is 0.300. The van der Waals surface area contributed by atoms with E-state index in [9.17, 15) is 4.79 Å². The zero-order valence-electron chi connectivity index (χ0n) is 15.0. The lowest BCUT2D eigenvalue weighted by atomic mass is 10.2. The Balaban J connectivity index is 1.34. The van der Waals surface area contributed by atoms with Crippen molar-refractivity contribution < 1.29 is 14.3 Å². The van der Waals surface area contributed by atoms with Gasteiger partial charge < -0.3 is 14.4 Å². The van der Waals surface area contributed by atoms with Crippen LogP contribution in [0.15, 0.2) is 52.9 Å². The number of thioether (sulfide) groups is 1. The van der Waals surface area contributed by atoms with Gasteiger partial charge in [-0.2, -0.15) is 0 Å². The van der Waals surface area contributed by atoms with Crippen LogP contribution >= 0.6 is 23.1 Å². The topological polar surface area (TPSA) is 51.7 Å². The van der Waals surface area contributed by atoms with Crippen molar-refractivity contribution in [2.45, 2.75) is 17.4 Å². The monoisotopic (exact) mass is 400 g/mol. The first-order valence-corrected chi connectivity index (χ1v) is 10.7. The molecule has 0 saturated carbocycles. The molecule has 140 valence electrons. The van der Waals surface area contributed by atoms with Gasteiger partial charge in [-0.1, -0.05) is 36.0 Å². The van der Waals surface area contributed by atoms with Gasteiger partial charge in [-0.05, 0) is 31.2 Å². The van der Waals surface area contributed by atoms with Gasteiger partial charge in [0.1, 0.15) is 6.61 Å². The summed E-state index contributed by atoms with van der Waals surface area (Å²) in [5.41, 5.74) is 0.983. The van der Waals surface area contributed by atoms with Crippen molar-refractivity contribution in [1.29, 1.82) is 0 Å². The maximum absolute atomic E-state index is 12.7. The molecule has 27 heavy (non-hydrogen) atoms. The molecule has 2 aromatic carbocycles. The first-order chi connectivity index (χ1) is 13.2. The number of carbonyl (C=O) groups is 1. The molecule has 3 aromatic rings. The van der Waals surface area contributed by atoms with Crippen molar-refractivity contribution in [3.8, 4) is 11.5 Å². The Morgan fingerprint density at radius 1 is 1.22 bits per heavy atom. The van der Waals surface area contributed by atoms with E-state index in [1.54, 1.807) is 11.3 Å². The molecule has 1 aliphatic heterocycles. The Hall–Kier alpha value is -2.25. The molecule has 1 atom stereocenters. The van der Waals surface area contributed by atoms with Crippen molar-refractivity contribution in [2.24, 2.45) is 0 Å². The average molecular weight is 401 g/mol. The van der Waals surface area contributed by atoms with Crippen LogP contribution < -0.4 is 9.47 Å². The number of aromatic nitrogens is 1. The van der Waals surface area contributed by atoms with Gasteiger partial charge in [0.25, 0.3) is 0 Å². The summed E-state index contributed by atoms with van der Waals surface area (Å²) in [5.74, 6) is 1.96. The maximum atomic E-state index is 12.7. The third-order valence-electron chi connectivity index (χ3n) is 4.32. The van der Waals surface area contributed by atoms with Crippen molar-refractivity contribution in [1.82, 2.24) is 9.88 Å². The van der Waals surface area contributed by atoms with Gasteiger partial charge in [-0.25, -0.2) is 4.98 Å². The van der Waals surface area contributed by atoms with Crippen molar-refractivity contribution in [3.05, 3.63) is 48.5 Å². The molecule has 0 spiro atoms. The Kier molecular flexibility index (Phi) is 5.50. The summed E-state index contributed by atoms with van der Waals surface area (Å²) in [7, 11) is 0. The Labute approximate surface area is 166 Å². The number of likely N-dealkylation sites (N-methyl/N-ethyl adjacent to an activating group) is 1. The fourth-order valence-electron chi connectivity index (χ4n) is 2.93. The molecule has 0 N–H and O–H groups in total. The van der Waals surface area contributed by atoms with Crippen LogP contribution in [0.3, 0.4) is 0 Å². The van der Waals surface area contributed by atoms with Gasteiger partial charge in [0, 0.05) is 6.54 Å². The summed E-state index contributed by atoms with van der Waals surface area (Å²) in [6.45, 7) is 3.59. The third kappa shape index (κ3) is 4.20. The number of amides is 1. The summed E-state index contributed by atoms with van der Waals surface area (Å²) >= 11 is 3.12. The molecule has 5 nitrogen and oxygen atoms in total. The van der Waals surface area contributed by atoms with E-state index in [1.165, 1.54) is 11.8 Å². The molecule has 0 bridgehead atoms. The number of fused-ring (bicyclic) bond motifs is 2. The van der Waals surface area contributed by atoms with E-state index in [4.69, 9.17) is 9.47 Å². The van der Waals surface area contributed by atoms with Crippen LogP contribution in [0.4, 0.5) is 0 Å². The number of para-hydroxylation sites is 3. The SMILES string of the molecule is CCN(C[C@H]1COc2ccccc2O1)C(=O)CSc1nc2ccccc2s1. The minimum absolute atomic E-state index is 0.0872. The fourth-order valence-corrected chi connectivity index (χ4v) is 4.90. The van der Waals surface area contributed by atoms with Crippen molar-refractivity contribution in [2.75, 3.05) is 25.4 Å². The second-order valence-corrected chi connectivity index (χ2v) is 8.42. The van der Waals surface area contributed by atoms with E-state index in [2.05, 4.69) is 11.1 Å². The number of ether oxygens (including phenoxy) is 2. The van der Waals surface area contributed by atoms with Crippen LogP contribution in [-0.4, -0.2) is 47.3 Å². The summed E-state index contributed by atoms with van der Waals surface area (Å²) < 4.78 is 13.8. The second kappa shape index (κ2) is 8.19. The molecule has 1 aliphatic rings. The minimum atomic E-state index is -0.156. The highest BCUT2D eigenvalue weighted by atomic mass is 32.2. The smallest absolute Gasteiger partial charge is 0.233 e. The Bertz CT molecular complexity index is 911. The number of rotatable bonds is 6. The molecular weight excluding hydrogens is 380 g/mol. The average Bonchev–Trinajstić information content (AvgIpc) is 3.13. The Morgan fingerprint density at radius 2 is 2.00 bits per heavy atom. The number of benzene rings is 2. The number of thiazole rings is 1. The van der Waals surface area contributed by atoms with Crippen LogP contribution in [0.2, 0.25) is 0 Å². The van der Waals surface area contributed by atoms with E-state index in [1.807, 2.05) is 54.3 Å². The molecule has 1 amide bonds. The largest absolute Gasteiger partial charge is 0.486 e. The molecule has 0 unspecified atom stereocenters. The quantitative estimate of drug-likeness (QED) is 0.584. The number of hydrogen-bond acceptors (Lipinski definition) is 6. The highest BCUT2D eigenvalue weighted by Gasteiger charge is 2.24. The van der Waals surface area contributed by atoms with Gasteiger partial charge >= 0.3 is 0 Å². The molecule has 1 aromatic heterocycles. The summed E-state index contributed by atoms with van der Waals surface area (Å²) in [5, 5.41) is 0. The normalized spacial score (nSPS) is 15.7. The summed E-state index contributed by atoms with van der Waals surface area (Å²) in [6.07, 6.45) is -0.156. The summed E-state index contributed by atoms with van der Waals surface area (Å²) in [4.78, 5) is 19.1. The number of carbonyl (C=O) groups excluding carboxylic acids is 1. The molecule has 0 saturated heterocycles. The summed E-state index contributed by atoms with van der Waals surface area (Å²) in [6, 6.07) is 15.6. The zero-order chi connectivity index (χ0) is 18.6. The van der Waals surface area contributed by atoms with E-state index < -0.39 is 0 Å². The van der Waals surface area contributed by atoms with Crippen molar-refractivity contribution >= 4 is 39.2 Å². The molecule has 2 heterocycles. The predicted octanol–water partition coefficient (Wildman–Crippen LogP) is 4.08. The third-order valence-corrected chi connectivity index (χ3v) is 6.48. The number of nitrogens with zero attached hydrogens (tertiary/aromatic N) is 2. The van der Waals surface area contributed by atoms with Gasteiger partial charge in [0.05, 0.1) is 22.5 Å². The number of hydrogen-bond donors (Lipinski definition) is 0. The van der Waals surface area contributed by atoms with E-state index >= 15 is 0 Å². The van der Waals surface area contributed by atoms with Gasteiger partial charge in [-0.15, -0.1) is 11.3 Å². The van der Waals surface area contributed by atoms with E-state index in [0.29, 0.717) is 25.4 Å². The van der Waals surface area contributed by atoms with Gasteiger partial charge in [0.15, 0.2) is 21.9 Å². The first kappa shape index (κ1) is 18.1. The van der Waals surface area contributed by atoms with Crippen LogP contribution in [0.25, 0.3) is 10.2 Å². The molecule has 4 rings (SSSR count). The van der Waals surface area contributed by atoms with Crippen LogP contribution in [-0.2, 0) is 4.79 Å². The second-order valence-electron chi connectivity index (χ2n) is 6.17. The lowest BCUT2D eigenvalue weighted by molar-refractivity contribution is -0.129. The molecule has 0 radical (unpaired) electrons.